The normalized spacial score (nSPS) is 18.6. The van der Waals surface area contributed by atoms with Crippen molar-refractivity contribution in [1.82, 2.24) is 10.1 Å². The molecule has 0 bridgehead atoms. The smallest absolute Gasteiger partial charge is 0.225 e. The molecule has 32 heavy (non-hydrogen) atoms. The molecule has 0 spiro atoms. The monoisotopic (exact) mass is 452 g/mol. The summed E-state index contributed by atoms with van der Waals surface area (Å²) in [6.45, 7) is 11.0. The number of amides is 1. The van der Waals surface area contributed by atoms with Crippen molar-refractivity contribution in [2.45, 2.75) is 39.0 Å². The van der Waals surface area contributed by atoms with Crippen LogP contribution in [0.5, 0.6) is 0 Å². The minimum atomic E-state index is -0.187. The molecule has 1 aromatic heterocycles. The van der Waals surface area contributed by atoms with E-state index < -0.39 is 0 Å². The Bertz CT molecular complexity index is 1180. The van der Waals surface area contributed by atoms with E-state index in [1.807, 2.05) is 25.1 Å². The standard InChI is InChI=1S/C25H29ClN4O2/c1-16-22(26)17(14-19-23(16)27-21(31)15-25(19,2)3)8-9-29-10-12-30(13-11-29)24-18-6-4-5-7-20(18)32-28-24/h4-7,14H,8-13,15H2,1-3H3,(H,27,31). The molecule has 3 heterocycles. The number of piperazine rings is 1. The fourth-order valence-electron chi connectivity index (χ4n) is 4.98. The van der Waals surface area contributed by atoms with E-state index in [-0.39, 0.29) is 11.3 Å². The Morgan fingerprint density at radius 3 is 2.72 bits per heavy atom. The van der Waals surface area contributed by atoms with Gasteiger partial charge in [0.25, 0.3) is 0 Å². The van der Waals surface area contributed by atoms with Crippen molar-refractivity contribution < 1.29 is 9.32 Å². The third-order valence-electron chi connectivity index (χ3n) is 6.90. The van der Waals surface area contributed by atoms with Gasteiger partial charge in [-0.25, -0.2) is 0 Å². The molecule has 3 aromatic rings. The molecule has 0 saturated carbocycles. The molecule has 168 valence electrons. The van der Waals surface area contributed by atoms with E-state index >= 15 is 0 Å². The largest absolute Gasteiger partial charge is 0.354 e. The molecule has 0 unspecified atom stereocenters. The van der Waals surface area contributed by atoms with Crippen LogP contribution < -0.4 is 10.2 Å². The van der Waals surface area contributed by atoms with E-state index in [9.17, 15) is 4.79 Å². The molecule has 0 atom stereocenters. The van der Waals surface area contributed by atoms with Crippen molar-refractivity contribution in [3.05, 3.63) is 52.0 Å². The average Bonchev–Trinajstić information content (AvgIpc) is 3.20. The van der Waals surface area contributed by atoms with Gasteiger partial charge in [0.2, 0.25) is 5.91 Å². The topological polar surface area (TPSA) is 61.6 Å². The maximum absolute atomic E-state index is 12.1. The molecule has 1 N–H and O–H groups in total. The van der Waals surface area contributed by atoms with Crippen LogP contribution in [-0.2, 0) is 16.6 Å². The summed E-state index contributed by atoms with van der Waals surface area (Å²) < 4.78 is 5.48. The number of nitrogens with zero attached hydrogens (tertiary/aromatic N) is 3. The molecule has 5 rings (SSSR count). The minimum Gasteiger partial charge on any atom is -0.354 e. The van der Waals surface area contributed by atoms with E-state index in [1.54, 1.807) is 0 Å². The number of para-hydroxylation sites is 1. The van der Waals surface area contributed by atoms with E-state index in [0.717, 1.165) is 77.8 Å². The van der Waals surface area contributed by atoms with Crippen LogP contribution in [0.15, 0.2) is 34.9 Å². The Morgan fingerprint density at radius 1 is 1.19 bits per heavy atom. The molecule has 2 aliphatic rings. The van der Waals surface area contributed by atoms with Gasteiger partial charge in [0.05, 0.1) is 5.39 Å². The van der Waals surface area contributed by atoms with Crippen molar-refractivity contribution in [3.8, 4) is 0 Å². The van der Waals surface area contributed by atoms with Gasteiger partial charge in [-0.3, -0.25) is 9.69 Å². The fourth-order valence-corrected chi connectivity index (χ4v) is 5.23. The zero-order valence-corrected chi connectivity index (χ0v) is 19.6. The number of carbonyl (C=O) groups is 1. The molecule has 1 saturated heterocycles. The average molecular weight is 453 g/mol. The number of benzene rings is 2. The highest BCUT2D eigenvalue weighted by molar-refractivity contribution is 6.32. The first kappa shape index (κ1) is 21.3. The summed E-state index contributed by atoms with van der Waals surface area (Å²) in [5.41, 5.74) is 4.88. The van der Waals surface area contributed by atoms with E-state index in [0.29, 0.717) is 6.42 Å². The van der Waals surface area contributed by atoms with Crippen LogP contribution in [0.2, 0.25) is 5.02 Å². The third-order valence-corrected chi connectivity index (χ3v) is 7.42. The molecule has 2 aliphatic heterocycles. The summed E-state index contributed by atoms with van der Waals surface area (Å²) in [7, 11) is 0. The van der Waals surface area contributed by atoms with Gasteiger partial charge in [-0.2, -0.15) is 0 Å². The molecule has 6 nitrogen and oxygen atoms in total. The third kappa shape index (κ3) is 3.76. The second-order valence-corrected chi connectivity index (χ2v) is 9.97. The lowest BCUT2D eigenvalue weighted by Gasteiger charge is -2.36. The van der Waals surface area contributed by atoms with Crippen LogP contribution in [0, 0.1) is 6.92 Å². The lowest BCUT2D eigenvalue weighted by molar-refractivity contribution is -0.117. The molecular weight excluding hydrogens is 424 g/mol. The Hall–Kier alpha value is -2.57. The van der Waals surface area contributed by atoms with Gasteiger partial charge < -0.3 is 14.7 Å². The number of hydrogen-bond donors (Lipinski definition) is 1. The fraction of sp³-hybridized carbons (Fsp3) is 0.440. The number of hydrogen-bond acceptors (Lipinski definition) is 5. The second kappa shape index (κ2) is 8.09. The number of rotatable bonds is 4. The van der Waals surface area contributed by atoms with Crippen LogP contribution in [0.3, 0.4) is 0 Å². The number of halogens is 1. The van der Waals surface area contributed by atoms with Crippen LogP contribution in [0.1, 0.15) is 37.0 Å². The highest BCUT2D eigenvalue weighted by atomic mass is 35.5. The molecular formula is C25H29ClN4O2. The summed E-state index contributed by atoms with van der Waals surface area (Å²) in [4.78, 5) is 16.9. The summed E-state index contributed by atoms with van der Waals surface area (Å²) in [6.07, 6.45) is 1.39. The summed E-state index contributed by atoms with van der Waals surface area (Å²) in [5, 5.41) is 9.19. The van der Waals surface area contributed by atoms with Crippen LogP contribution in [0.25, 0.3) is 11.0 Å². The van der Waals surface area contributed by atoms with Gasteiger partial charge in [0.15, 0.2) is 11.4 Å². The highest BCUT2D eigenvalue weighted by Gasteiger charge is 2.34. The van der Waals surface area contributed by atoms with Gasteiger partial charge in [-0.1, -0.05) is 48.8 Å². The van der Waals surface area contributed by atoms with Crippen molar-refractivity contribution in [2.24, 2.45) is 0 Å². The molecule has 1 amide bonds. The Kier molecular flexibility index (Phi) is 5.38. The number of carbonyl (C=O) groups excluding carboxylic acids is 1. The first-order valence-electron chi connectivity index (χ1n) is 11.3. The minimum absolute atomic E-state index is 0.0622. The molecule has 2 aromatic carbocycles. The lowest BCUT2D eigenvalue weighted by Crippen LogP contribution is -2.47. The van der Waals surface area contributed by atoms with Crippen LogP contribution >= 0.6 is 11.6 Å². The summed E-state index contributed by atoms with van der Waals surface area (Å²) in [6, 6.07) is 10.2. The zero-order chi connectivity index (χ0) is 22.5. The molecule has 7 heteroatoms. The van der Waals surface area contributed by atoms with E-state index in [1.165, 1.54) is 5.56 Å². The predicted octanol–water partition coefficient (Wildman–Crippen LogP) is 4.77. The number of anilines is 2. The summed E-state index contributed by atoms with van der Waals surface area (Å²) in [5.74, 6) is 1.00. The van der Waals surface area contributed by atoms with E-state index in [4.69, 9.17) is 16.1 Å². The maximum atomic E-state index is 12.1. The van der Waals surface area contributed by atoms with Crippen LogP contribution in [0.4, 0.5) is 11.5 Å². The van der Waals surface area contributed by atoms with Crippen molar-refractivity contribution in [1.29, 1.82) is 0 Å². The summed E-state index contributed by atoms with van der Waals surface area (Å²) >= 11 is 6.74. The number of aromatic nitrogens is 1. The van der Waals surface area contributed by atoms with Crippen molar-refractivity contribution >= 4 is 40.0 Å². The Labute approximate surface area is 193 Å². The van der Waals surface area contributed by atoms with Crippen molar-refractivity contribution in [2.75, 3.05) is 42.9 Å². The van der Waals surface area contributed by atoms with E-state index in [2.05, 4.69) is 46.3 Å². The zero-order valence-electron chi connectivity index (χ0n) is 18.9. The van der Waals surface area contributed by atoms with Crippen LogP contribution in [-0.4, -0.2) is 48.7 Å². The molecule has 0 aliphatic carbocycles. The molecule has 0 radical (unpaired) electrons. The van der Waals surface area contributed by atoms with Gasteiger partial charge in [0, 0.05) is 55.3 Å². The number of fused-ring (bicyclic) bond motifs is 2. The van der Waals surface area contributed by atoms with Gasteiger partial charge in [0.1, 0.15) is 0 Å². The van der Waals surface area contributed by atoms with Gasteiger partial charge in [-0.15, -0.1) is 0 Å². The maximum Gasteiger partial charge on any atom is 0.225 e. The van der Waals surface area contributed by atoms with Gasteiger partial charge in [-0.05, 0) is 42.2 Å². The molecule has 1 fully saturated rings. The quantitative estimate of drug-likeness (QED) is 0.617. The highest BCUT2D eigenvalue weighted by Crippen LogP contribution is 2.42. The Balaban J connectivity index is 1.26. The second-order valence-electron chi connectivity index (χ2n) is 9.59. The SMILES string of the molecule is Cc1c(Cl)c(CCN2CCN(c3noc4ccccc34)CC2)cc2c1NC(=O)CC2(C)C. The first-order chi connectivity index (χ1) is 15.3. The predicted molar refractivity (Wildman–Crippen MR) is 129 cm³/mol. The van der Waals surface area contributed by atoms with Gasteiger partial charge >= 0.3 is 0 Å². The Morgan fingerprint density at radius 2 is 1.94 bits per heavy atom. The lowest BCUT2D eigenvalue weighted by atomic mass is 9.76. The first-order valence-corrected chi connectivity index (χ1v) is 11.7. The number of nitrogens with one attached hydrogen (secondary N) is 1. The van der Waals surface area contributed by atoms with Crippen molar-refractivity contribution in [3.63, 3.8) is 0 Å².